The van der Waals surface area contributed by atoms with E-state index in [0.717, 1.165) is 6.26 Å². The maximum absolute atomic E-state index is 12.5. The molecule has 0 bridgehead atoms. The van der Waals surface area contributed by atoms with Crippen LogP contribution < -0.4 is 10.6 Å². The van der Waals surface area contributed by atoms with Crippen LogP contribution in [0.15, 0.2) is 29.5 Å². The van der Waals surface area contributed by atoms with Gasteiger partial charge in [-0.25, -0.2) is 4.79 Å². The third kappa shape index (κ3) is 6.10. The van der Waals surface area contributed by atoms with Gasteiger partial charge in [0.05, 0.1) is 24.5 Å². The maximum atomic E-state index is 12.5. The van der Waals surface area contributed by atoms with Crippen molar-refractivity contribution in [3.05, 3.63) is 45.1 Å². The normalized spacial score (nSPS) is 17.5. The van der Waals surface area contributed by atoms with Crippen LogP contribution in [-0.2, 0) is 30.4 Å². The Bertz CT molecular complexity index is 851. The average Bonchev–Trinajstić information content (AvgIpc) is 2.48. The lowest BCUT2D eigenvalue weighted by atomic mass is 10.0. The van der Waals surface area contributed by atoms with Gasteiger partial charge in [0.2, 0.25) is 0 Å². The summed E-state index contributed by atoms with van der Waals surface area (Å²) >= 11 is 16.9. The van der Waals surface area contributed by atoms with Crippen molar-refractivity contribution < 1.29 is 22.1 Å². The molecule has 0 spiro atoms. The Morgan fingerprint density at radius 3 is 2.46 bits per heavy atom. The van der Waals surface area contributed by atoms with Crippen molar-refractivity contribution in [3.8, 4) is 0 Å². The molecule has 2 N–H and O–H groups in total. The first-order valence-electron chi connectivity index (χ1n) is 7.30. The number of carbonyl (C=O) groups is 1. The minimum Gasteiger partial charge on any atom is -0.457 e. The van der Waals surface area contributed by atoms with Gasteiger partial charge in [-0.15, -0.1) is 0 Å². The molecule has 1 aromatic rings. The number of halogens is 2. The summed E-state index contributed by atoms with van der Waals surface area (Å²) in [5.74, 6) is -0.650. The van der Waals surface area contributed by atoms with E-state index in [2.05, 4.69) is 10.6 Å². The number of rotatable bonds is 6. The lowest BCUT2D eigenvalue weighted by Gasteiger charge is -2.29. The van der Waals surface area contributed by atoms with E-state index < -0.39 is 22.1 Å². The molecule has 2 rings (SSSR count). The Labute approximate surface area is 166 Å². The van der Waals surface area contributed by atoms with Crippen molar-refractivity contribution in [3.63, 3.8) is 0 Å². The van der Waals surface area contributed by atoms with E-state index in [9.17, 15) is 13.2 Å². The second-order valence-corrected chi connectivity index (χ2v) is 8.46. The maximum Gasteiger partial charge on any atom is 0.338 e. The number of hydrogen-bond donors (Lipinski definition) is 2. The molecule has 0 fully saturated rings. The lowest BCUT2D eigenvalue weighted by molar-refractivity contribution is -0.140. The Hall–Kier alpha value is -1.39. The molecule has 0 radical (unpaired) electrons. The summed E-state index contributed by atoms with van der Waals surface area (Å²) in [6, 6.07) is 4.04. The molecule has 0 saturated heterocycles. The highest BCUT2D eigenvalue weighted by atomic mass is 35.5. The predicted molar refractivity (Wildman–Crippen MR) is 102 cm³/mol. The lowest BCUT2D eigenvalue weighted by Crippen LogP contribution is -2.51. The molecule has 26 heavy (non-hydrogen) atoms. The summed E-state index contributed by atoms with van der Waals surface area (Å²) in [5, 5.41) is 6.70. The first-order chi connectivity index (χ1) is 12.0. The van der Waals surface area contributed by atoms with Gasteiger partial charge in [0, 0.05) is 15.7 Å². The van der Waals surface area contributed by atoms with Gasteiger partial charge >= 0.3 is 5.97 Å². The number of allylic oxidation sites excluding steroid dienone is 1. The summed E-state index contributed by atoms with van der Waals surface area (Å²) in [6.07, 6.45) is 0.920. The Morgan fingerprint density at radius 1 is 1.27 bits per heavy atom. The summed E-state index contributed by atoms with van der Waals surface area (Å²) in [7, 11) is -3.68. The zero-order chi connectivity index (χ0) is 19.5. The Kier molecular flexibility index (Phi) is 6.86. The highest BCUT2D eigenvalue weighted by molar-refractivity contribution is 7.86. The van der Waals surface area contributed by atoms with Crippen molar-refractivity contribution in [1.29, 1.82) is 0 Å². The van der Waals surface area contributed by atoms with Crippen LogP contribution in [0.2, 0.25) is 10.0 Å². The topological polar surface area (TPSA) is 93.7 Å². The Balaban J connectivity index is 2.14. The fraction of sp³-hybridized carbons (Fsp3) is 0.333. The van der Waals surface area contributed by atoms with Gasteiger partial charge in [0.1, 0.15) is 6.61 Å². The van der Waals surface area contributed by atoms with Gasteiger partial charge in [-0.05, 0) is 42.9 Å². The molecular weight excluding hydrogens is 423 g/mol. The highest BCUT2D eigenvalue weighted by Gasteiger charge is 2.30. The van der Waals surface area contributed by atoms with Crippen LogP contribution in [0.4, 0.5) is 0 Å². The van der Waals surface area contributed by atoms with Crippen LogP contribution in [0.25, 0.3) is 0 Å². The number of thiocarbonyl (C=S) groups is 1. The summed E-state index contributed by atoms with van der Waals surface area (Å²) < 4.78 is 32.6. The number of esters is 1. The third-order valence-corrected chi connectivity index (χ3v) is 4.54. The molecule has 7 nitrogen and oxygen atoms in total. The summed E-state index contributed by atoms with van der Waals surface area (Å²) in [6.45, 7) is 1.28. The highest BCUT2D eigenvalue weighted by Crippen LogP contribution is 2.21. The summed E-state index contributed by atoms with van der Waals surface area (Å²) in [5.41, 5.74) is 1.26. The molecule has 0 amide bonds. The fourth-order valence-electron chi connectivity index (χ4n) is 2.30. The molecule has 1 aliphatic heterocycles. The van der Waals surface area contributed by atoms with Crippen molar-refractivity contribution in [2.24, 2.45) is 0 Å². The number of ether oxygens (including phenoxy) is 1. The summed E-state index contributed by atoms with van der Waals surface area (Å²) in [4.78, 5) is 12.5. The SMILES string of the molecule is CC1=C(C(=O)OCc2cc(Cl)cc(Cl)c2)C(COS(C)(=O)=O)NC(=S)N1. The van der Waals surface area contributed by atoms with Crippen LogP contribution >= 0.6 is 35.4 Å². The van der Waals surface area contributed by atoms with Crippen molar-refractivity contribution in [1.82, 2.24) is 10.6 Å². The van der Waals surface area contributed by atoms with Crippen LogP contribution in [0.5, 0.6) is 0 Å². The molecule has 1 aromatic carbocycles. The van der Waals surface area contributed by atoms with E-state index >= 15 is 0 Å². The van der Waals surface area contributed by atoms with E-state index in [-0.39, 0.29) is 23.9 Å². The minimum absolute atomic E-state index is 0.0556. The van der Waals surface area contributed by atoms with E-state index in [1.54, 1.807) is 25.1 Å². The average molecular weight is 439 g/mol. The van der Waals surface area contributed by atoms with E-state index in [1.807, 2.05) is 0 Å². The molecule has 0 saturated carbocycles. The largest absolute Gasteiger partial charge is 0.457 e. The van der Waals surface area contributed by atoms with Gasteiger partial charge in [-0.2, -0.15) is 8.42 Å². The first-order valence-corrected chi connectivity index (χ1v) is 10.3. The van der Waals surface area contributed by atoms with Gasteiger partial charge in [0.15, 0.2) is 5.11 Å². The quantitative estimate of drug-likeness (QED) is 0.396. The third-order valence-electron chi connectivity index (χ3n) is 3.32. The second-order valence-electron chi connectivity index (χ2n) is 5.53. The monoisotopic (exact) mass is 438 g/mol. The predicted octanol–water partition coefficient (Wildman–Crippen LogP) is 2.13. The smallest absolute Gasteiger partial charge is 0.338 e. The number of benzene rings is 1. The Morgan fingerprint density at radius 2 is 1.88 bits per heavy atom. The van der Waals surface area contributed by atoms with E-state index in [0.29, 0.717) is 21.3 Å². The molecule has 0 aliphatic carbocycles. The van der Waals surface area contributed by atoms with Gasteiger partial charge in [0.25, 0.3) is 10.1 Å². The van der Waals surface area contributed by atoms with Crippen molar-refractivity contribution in [2.75, 3.05) is 12.9 Å². The zero-order valence-electron chi connectivity index (χ0n) is 13.8. The number of nitrogens with one attached hydrogen (secondary N) is 2. The molecule has 1 heterocycles. The van der Waals surface area contributed by atoms with Crippen molar-refractivity contribution in [2.45, 2.75) is 19.6 Å². The van der Waals surface area contributed by atoms with Gasteiger partial charge in [-0.1, -0.05) is 23.2 Å². The molecule has 11 heteroatoms. The zero-order valence-corrected chi connectivity index (χ0v) is 17.0. The molecule has 1 unspecified atom stereocenters. The van der Waals surface area contributed by atoms with Crippen molar-refractivity contribution >= 4 is 56.6 Å². The number of hydrogen-bond acceptors (Lipinski definition) is 6. The molecule has 1 aliphatic rings. The second kappa shape index (κ2) is 8.53. The standard InChI is InChI=1S/C15H16Cl2N2O5S2/c1-8-13(12(19-15(25)18-8)7-24-26(2,21)22)14(20)23-6-9-3-10(16)5-11(17)4-9/h3-5,12H,6-7H2,1-2H3,(H2,18,19,25). The van der Waals surface area contributed by atoms with Gasteiger partial charge in [-0.3, -0.25) is 4.18 Å². The van der Waals surface area contributed by atoms with Crippen LogP contribution in [-0.4, -0.2) is 38.4 Å². The molecule has 142 valence electrons. The number of carbonyl (C=O) groups excluding carboxylic acids is 1. The minimum atomic E-state index is -3.68. The molecule has 0 aromatic heterocycles. The van der Waals surface area contributed by atoms with Gasteiger partial charge < -0.3 is 15.4 Å². The van der Waals surface area contributed by atoms with E-state index in [1.165, 1.54) is 0 Å². The van der Waals surface area contributed by atoms with Crippen LogP contribution in [0.1, 0.15) is 12.5 Å². The first kappa shape index (κ1) is 20.9. The van der Waals surface area contributed by atoms with Crippen LogP contribution in [0, 0.1) is 0 Å². The van der Waals surface area contributed by atoms with Crippen LogP contribution in [0.3, 0.4) is 0 Å². The van der Waals surface area contributed by atoms with E-state index in [4.69, 9.17) is 44.3 Å². The molecule has 1 atom stereocenters. The molecular formula is C15H16Cl2N2O5S2. The fourth-order valence-corrected chi connectivity index (χ4v) is 3.55.